The van der Waals surface area contributed by atoms with Crippen LogP contribution in [0.2, 0.25) is 0 Å². The Kier molecular flexibility index (Phi) is 8.75. The van der Waals surface area contributed by atoms with Crippen LogP contribution in [0, 0.1) is 24.0 Å². The number of nitrogens with one attached hydrogen (secondary N) is 1. The van der Waals surface area contributed by atoms with Crippen molar-refractivity contribution in [1.29, 1.82) is 0 Å². The van der Waals surface area contributed by atoms with Crippen molar-refractivity contribution < 1.29 is 41.3 Å². The van der Waals surface area contributed by atoms with E-state index in [1.165, 1.54) is 36.5 Å². The molecule has 11 nitrogen and oxygen atoms in total. The van der Waals surface area contributed by atoms with Crippen LogP contribution in [0.3, 0.4) is 0 Å². The van der Waals surface area contributed by atoms with Crippen LogP contribution >= 0.6 is 0 Å². The number of phenols is 1. The lowest BCUT2D eigenvalue weighted by Crippen LogP contribution is -2.58. The maximum absolute atomic E-state index is 17.4. The van der Waals surface area contributed by atoms with Crippen LogP contribution in [-0.2, 0) is 6.42 Å². The minimum absolute atomic E-state index is 0.00416. The fourth-order valence-corrected chi connectivity index (χ4v) is 10.2. The molecule has 0 unspecified atom stereocenters. The van der Waals surface area contributed by atoms with Crippen LogP contribution < -0.4 is 24.4 Å². The minimum atomic E-state index is -4.89. The Hall–Kier alpha value is -5.53. The van der Waals surface area contributed by atoms with Crippen molar-refractivity contribution in [3.05, 3.63) is 65.5 Å². The summed E-state index contributed by atoms with van der Waals surface area (Å²) in [5.41, 5.74) is 0.122. The lowest BCUT2D eigenvalue weighted by atomic mass is 9.95. The van der Waals surface area contributed by atoms with Crippen LogP contribution in [0.25, 0.3) is 32.9 Å². The largest absolute Gasteiger partial charge is 0.573 e. The standard InChI is InChI=1S/C42H38F5N7O4/c1-2-26-28(43)8-6-22-17-25(55)18-27(33(22)26)36-35(44)37-34-30(50-36)10-11-31-29-9-7-23(49-29)19-53(31)38(34)52-40(51-37)57-21-41-13-4-16-54(41)24(12-14-41)20-56-39-32(5-3-15-48-39)58-42(45,46)47/h1,3,5-6,8,15,17-18,23-24,29,31,49,55H,4,7,9-14,16,19-21H2/t23-,24+,29+,31-,41+/m1/s1. The van der Waals surface area contributed by atoms with Gasteiger partial charge in [-0.05, 0) is 93.6 Å². The van der Waals surface area contributed by atoms with Crippen LogP contribution in [0.5, 0.6) is 23.4 Å². The molecule has 3 aromatic heterocycles. The first kappa shape index (κ1) is 36.8. The number of ether oxygens (including phenoxy) is 3. The number of terminal acetylenes is 1. The normalized spacial score (nSPS) is 25.1. The second-order valence-electron chi connectivity index (χ2n) is 15.9. The summed E-state index contributed by atoms with van der Waals surface area (Å²) in [7, 11) is 0. The van der Waals surface area contributed by atoms with Gasteiger partial charge < -0.3 is 29.5 Å². The van der Waals surface area contributed by atoms with Crippen molar-refractivity contribution in [3.63, 3.8) is 0 Å². The molecule has 2 aromatic carbocycles. The molecule has 300 valence electrons. The second kappa shape index (κ2) is 13.8. The van der Waals surface area contributed by atoms with E-state index in [1.54, 1.807) is 0 Å². The van der Waals surface area contributed by atoms with Crippen molar-refractivity contribution in [2.45, 2.75) is 87.4 Å². The maximum Gasteiger partial charge on any atom is 0.573 e. The molecule has 5 aromatic rings. The summed E-state index contributed by atoms with van der Waals surface area (Å²) in [5.74, 6) is 0.622. The number of aromatic hydroxyl groups is 1. The van der Waals surface area contributed by atoms with E-state index in [2.05, 4.69) is 30.8 Å². The molecule has 0 saturated carbocycles. The van der Waals surface area contributed by atoms with E-state index in [1.807, 2.05) is 0 Å². The number of halogens is 5. The van der Waals surface area contributed by atoms with Gasteiger partial charge in [-0.1, -0.05) is 12.0 Å². The van der Waals surface area contributed by atoms with Gasteiger partial charge in [0.1, 0.15) is 41.8 Å². The molecule has 5 aliphatic heterocycles. The highest BCUT2D eigenvalue weighted by atomic mass is 19.4. The maximum atomic E-state index is 17.4. The van der Waals surface area contributed by atoms with Crippen LogP contribution in [0.15, 0.2) is 42.6 Å². The van der Waals surface area contributed by atoms with E-state index in [9.17, 15) is 18.3 Å². The summed E-state index contributed by atoms with van der Waals surface area (Å²) >= 11 is 0. The first-order chi connectivity index (χ1) is 28.0. The highest BCUT2D eigenvalue weighted by Gasteiger charge is 2.50. The summed E-state index contributed by atoms with van der Waals surface area (Å²) in [6.45, 7) is 1.68. The number of hydrogen-bond acceptors (Lipinski definition) is 11. The topological polar surface area (TPSA) is 118 Å². The molecular formula is C42H38F5N7O4. The molecular weight excluding hydrogens is 761 g/mol. The number of nitrogens with zero attached hydrogens (tertiary/aromatic N) is 6. The van der Waals surface area contributed by atoms with Crippen molar-refractivity contribution in [2.75, 3.05) is 31.2 Å². The average molecular weight is 800 g/mol. The Morgan fingerprint density at radius 3 is 2.74 bits per heavy atom. The zero-order chi connectivity index (χ0) is 39.9. The van der Waals surface area contributed by atoms with Crippen molar-refractivity contribution >= 4 is 27.5 Å². The van der Waals surface area contributed by atoms with Gasteiger partial charge in [0.25, 0.3) is 5.88 Å². The third-order valence-corrected chi connectivity index (χ3v) is 12.7. The summed E-state index contributed by atoms with van der Waals surface area (Å²) in [4.78, 5) is 23.2. The lowest BCUT2D eigenvalue weighted by Gasteiger charge is -2.41. The lowest BCUT2D eigenvalue weighted by molar-refractivity contribution is -0.275. The summed E-state index contributed by atoms with van der Waals surface area (Å²) in [6, 6.07) is 8.40. The van der Waals surface area contributed by atoms with Gasteiger partial charge in [-0.2, -0.15) is 9.97 Å². The fourth-order valence-electron chi connectivity index (χ4n) is 10.2. The van der Waals surface area contributed by atoms with Crippen LogP contribution in [0.4, 0.5) is 27.8 Å². The second-order valence-corrected chi connectivity index (χ2v) is 15.9. The molecule has 16 heteroatoms. The Morgan fingerprint density at radius 1 is 1.02 bits per heavy atom. The van der Waals surface area contributed by atoms with Crippen LogP contribution in [0.1, 0.15) is 56.2 Å². The Labute approximate surface area is 329 Å². The molecule has 0 amide bonds. The first-order valence-corrected chi connectivity index (χ1v) is 19.6. The number of alkyl halides is 3. The number of phenolic OH excluding ortho intramolecular Hbond substituents is 1. The first-order valence-electron chi connectivity index (χ1n) is 19.6. The molecule has 2 N–H and O–H groups in total. The van der Waals surface area contributed by atoms with E-state index in [0.717, 1.165) is 51.1 Å². The Balaban J connectivity index is 1.02. The zero-order valence-corrected chi connectivity index (χ0v) is 31.2. The number of hydrogen-bond donors (Lipinski definition) is 2. The van der Waals surface area contributed by atoms with E-state index in [4.69, 9.17) is 30.8 Å². The molecule has 0 aliphatic carbocycles. The molecule has 8 heterocycles. The van der Waals surface area contributed by atoms with E-state index >= 15 is 8.78 Å². The minimum Gasteiger partial charge on any atom is -0.508 e. The molecule has 0 radical (unpaired) electrons. The van der Waals surface area contributed by atoms with Crippen molar-refractivity contribution in [2.24, 2.45) is 0 Å². The van der Waals surface area contributed by atoms with Gasteiger partial charge in [0.2, 0.25) is 0 Å². The molecule has 2 bridgehead atoms. The molecule has 5 aliphatic rings. The summed E-state index contributed by atoms with van der Waals surface area (Å²) in [6.07, 6.45) is 8.57. The quantitative estimate of drug-likeness (QED) is 0.127. The predicted octanol–water partition coefficient (Wildman–Crippen LogP) is 6.81. The third kappa shape index (κ3) is 6.17. The van der Waals surface area contributed by atoms with E-state index < -0.39 is 29.3 Å². The zero-order valence-electron chi connectivity index (χ0n) is 31.2. The van der Waals surface area contributed by atoms with Gasteiger partial charge in [0.05, 0.1) is 22.2 Å². The number of benzene rings is 2. The van der Waals surface area contributed by atoms with Crippen molar-refractivity contribution in [1.82, 2.24) is 30.2 Å². The van der Waals surface area contributed by atoms with Gasteiger partial charge in [0.15, 0.2) is 11.6 Å². The van der Waals surface area contributed by atoms with E-state index in [-0.39, 0.29) is 82.7 Å². The monoisotopic (exact) mass is 799 g/mol. The smallest absolute Gasteiger partial charge is 0.508 e. The van der Waals surface area contributed by atoms with Gasteiger partial charge in [0, 0.05) is 47.9 Å². The summed E-state index contributed by atoms with van der Waals surface area (Å²) in [5, 5.41) is 15.7. The van der Waals surface area contributed by atoms with Gasteiger partial charge >= 0.3 is 12.4 Å². The number of rotatable bonds is 8. The number of fused-ring (bicyclic) bond motifs is 7. The third-order valence-electron chi connectivity index (χ3n) is 12.7. The number of pyridine rings is 2. The Bertz CT molecular complexity index is 2520. The molecule has 4 saturated heterocycles. The Morgan fingerprint density at radius 2 is 1.90 bits per heavy atom. The molecule has 10 rings (SSSR count). The van der Waals surface area contributed by atoms with Gasteiger partial charge in [-0.15, -0.1) is 19.6 Å². The number of aryl methyl sites for hydroxylation is 1. The van der Waals surface area contributed by atoms with Crippen molar-refractivity contribution in [3.8, 4) is 47.0 Å². The highest BCUT2D eigenvalue weighted by molar-refractivity contribution is 6.03. The van der Waals surface area contributed by atoms with Gasteiger partial charge in [-0.3, -0.25) is 4.90 Å². The average Bonchev–Trinajstić information content (AvgIpc) is 3.87. The summed E-state index contributed by atoms with van der Waals surface area (Å²) < 4.78 is 88.1. The van der Waals surface area contributed by atoms with E-state index in [0.29, 0.717) is 41.7 Å². The number of piperazine rings is 1. The molecule has 5 atom stereocenters. The SMILES string of the molecule is C#Cc1c(F)ccc2cc(O)cc(-c3nc4c5c(nc(OC[C@@]67CCCN6[C@H](COc6ncccc6OC(F)(F)F)CC7)nc5c3F)N3C[C@H]5CC[C@H](N5)[C@H]3CC4)c12. The highest BCUT2D eigenvalue weighted by Crippen LogP contribution is 2.46. The fraction of sp³-hybridized carbons (Fsp3) is 0.429. The number of anilines is 1. The molecule has 58 heavy (non-hydrogen) atoms. The van der Waals surface area contributed by atoms with Gasteiger partial charge in [-0.25, -0.2) is 18.7 Å². The van der Waals surface area contributed by atoms with Crippen LogP contribution in [-0.4, -0.2) is 92.3 Å². The predicted molar refractivity (Wildman–Crippen MR) is 203 cm³/mol. The molecule has 0 spiro atoms. The molecule has 4 fully saturated rings. The number of aromatic nitrogens is 4.